The second-order valence-electron chi connectivity index (χ2n) is 5.27. The molecular formula is C17H9N3O3S2. The van der Waals surface area contributed by atoms with E-state index in [1.165, 1.54) is 18.2 Å². The number of ether oxygens (including phenoxy) is 1. The normalized spacial score (nSPS) is 10.9. The van der Waals surface area contributed by atoms with Crippen molar-refractivity contribution in [3.05, 3.63) is 56.4 Å². The van der Waals surface area contributed by atoms with Crippen molar-refractivity contribution in [2.24, 2.45) is 0 Å². The molecule has 0 atom stereocenters. The molecule has 2 aromatic heterocycles. The summed E-state index contributed by atoms with van der Waals surface area (Å²) >= 11 is 3.11. The highest BCUT2D eigenvalue weighted by Crippen LogP contribution is 2.42. The molecule has 0 saturated heterocycles. The van der Waals surface area contributed by atoms with Crippen LogP contribution in [0.5, 0.6) is 11.5 Å². The zero-order chi connectivity index (χ0) is 17.6. The molecule has 0 amide bonds. The van der Waals surface area contributed by atoms with Crippen molar-refractivity contribution in [1.82, 2.24) is 4.98 Å². The van der Waals surface area contributed by atoms with E-state index in [1.54, 1.807) is 22.7 Å². The number of fused-ring (bicyclic) bond motifs is 3. The van der Waals surface area contributed by atoms with Crippen LogP contribution >= 0.6 is 22.7 Å². The van der Waals surface area contributed by atoms with E-state index in [9.17, 15) is 10.1 Å². The SMILES string of the molecule is Cc1nc2c(cc(Oc3ccc(C#N)cc3[N+](=O)[O-])c3ccsc32)s1. The third-order valence-electron chi connectivity index (χ3n) is 3.67. The number of hydrogen-bond acceptors (Lipinski definition) is 7. The Labute approximate surface area is 149 Å². The highest BCUT2D eigenvalue weighted by molar-refractivity contribution is 7.21. The number of aryl methyl sites for hydroxylation is 1. The van der Waals surface area contributed by atoms with Gasteiger partial charge in [-0.05, 0) is 30.5 Å². The highest BCUT2D eigenvalue weighted by Gasteiger charge is 2.19. The van der Waals surface area contributed by atoms with E-state index in [2.05, 4.69) is 4.98 Å². The first kappa shape index (κ1) is 15.5. The quantitative estimate of drug-likeness (QED) is 0.358. The van der Waals surface area contributed by atoms with Crippen LogP contribution in [0.3, 0.4) is 0 Å². The molecule has 4 aromatic rings. The molecule has 4 rings (SSSR count). The van der Waals surface area contributed by atoms with Gasteiger partial charge in [0.2, 0.25) is 5.75 Å². The van der Waals surface area contributed by atoms with Gasteiger partial charge in [0.25, 0.3) is 0 Å². The fraction of sp³-hybridized carbons (Fsp3) is 0.0588. The standard InChI is InChI=1S/C17H9N3O3S2/c1-9-19-16-15(25-9)7-14(11-4-5-24-17(11)16)23-13-3-2-10(8-18)6-12(13)20(21)22/h2-7H,1H3. The Bertz CT molecular complexity index is 1190. The Balaban J connectivity index is 1.90. The van der Waals surface area contributed by atoms with Gasteiger partial charge in [0.15, 0.2) is 0 Å². The number of nitriles is 1. The van der Waals surface area contributed by atoms with Crippen LogP contribution in [0.2, 0.25) is 0 Å². The Morgan fingerprint density at radius 1 is 1.28 bits per heavy atom. The van der Waals surface area contributed by atoms with E-state index in [1.807, 2.05) is 30.5 Å². The number of nitrogens with zero attached hydrogens (tertiary/aromatic N) is 3. The molecule has 0 saturated carbocycles. The number of benzene rings is 2. The first-order valence-corrected chi connectivity index (χ1v) is 8.90. The van der Waals surface area contributed by atoms with Gasteiger partial charge in [0.05, 0.1) is 36.5 Å². The average molecular weight is 367 g/mol. The summed E-state index contributed by atoms with van der Waals surface area (Å²) in [7, 11) is 0. The summed E-state index contributed by atoms with van der Waals surface area (Å²) in [5.74, 6) is 0.650. The van der Waals surface area contributed by atoms with E-state index >= 15 is 0 Å². The van der Waals surface area contributed by atoms with Crippen LogP contribution in [0, 0.1) is 28.4 Å². The molecule has 8 heteroatoms. The molecule has 0 fully saturated rings. The van der Waals surface area contributed by atoms with Gasteiger partial charge in [-0.3, -0.25) is 10.1 Å². The minimum Gasteiger partial charge on any atom is -0.449 e. The molecule has 0 aliphatic heterocycles. The van der Waals surface area contributed by atoms with E-state index in [4.69, 9.17) is 10.00 Å². The summed E-state index contributed by atoms with van der Waals surface area (Å²) in [5.41, 5.74) is 0.908. The average Bonchev–Trinajstić information content (AvgIpc) is 3.20. The second-order valence-corrected chi connectivity index (χ2v) is 7.42. The maximum absolute atomic E-state index is 11.3. The van der Waals surface area contributed by atoms with Crippen molar-refractivity contribution < 1.29 is 9.66 Å². The summed E-state index contributed by atoms with van der Waals surface area (Å²) in [5, 5.41) is 24.0. The molecule has 25 heavy (non-hydrogen) atoms. The summed E-state index contributed by atoms with van der Waals surface area (Å²) in [6.07, 6.45) is 0. The van der Waals surface area contributed by atoms with Crippen molar-refractivity contribution >= 4 is 48.7 Å². The minimum absolute atomic E-state index is 0.108. The minimum atomic E-state index is -0.545. The zero-order valence-corrected chi connectivity index (χ0v) is 14.5. The molecule has 0 radical (unpaired) electrons. The molecule has 6 nitrogen and oxygen atoms in total. The first-order valence-electron chi connectivity index (χ1n) is 7.20. The van der Waals surface area contributed by atoms with Crippen molar-refractivity contribution in [3.8, 4) is 17.6 Å². The van der Waals surface area contributed by atoms with Crippen LogP contribution in [0.25, 0.3) is 20.3 Å². The lowest BCUT2D eigenvalue weighted by Crippen LogP contribution is -1.94. The fourth-order valence-corrected chi connectivity index (χ4v) is 4.44. The molecule has 0 aliphatic rings. The summed E-state index contributed by atoms with van der Waals surface area (Å²) < 4.78 is 7.86. The second kappa shape index (κ2) is 5.81. The predicted molar refractivity (Wildman–Crippen MR) is 97.6 cm³/mol. The number of rotatable bonds is 3. The summed E-state index contributed by atoms with van der Waals surface area (Å²) in [6, 6.07) is 9.85. The third kappa shape index (κ3) is 2.59. The lowest BCUT2D eigenvalue weighted by molar-refractivity contribution is -0.385. The van der Waals surface area contributed by atoms with Crippen LogP contribution in [-0.2, 0) is 0 Å². The monoisotopic (exact) mass is 367 g/mol. The third-order valence-corrected chi connectivity index (χ3v) is 5.51. The maximum Gasteiger partial charge on any atom is 0.312 e. The van der Waals surface area contributed by atoms with Gasteiger partial charge in [-0.1, -0.05) is 0 Å². The number of thiophene rings is 1. The number of nitro groups is 1. The Morgan fingerprint density at radius 3 is 2.88 bits per heavy atom. The van der Waals surface area contributed by atoms with Gasteiger partial charge in [-0.25, -0.2) is 4.98 Å². The van der Waals surface area contributed by atoms with Crippen molar-refractivity contribution in [1.29, 1.82) is 5.26 Å². The molecule has 122 valence electrons. The van der Waals surface area contributed by atoms with Crippen LogP contribution in [0.15, 0.2) is 35.7 Å². The molecule has 0 unspecified atom stereocenters. The molecule has 2 heterocycles. The van der Waals surface area contributed by atoms with Crippen molar-refractivity contribution in [2.45, 2.75) is 6.92 Å². The van der Waals surface area contributed by atoms with Gasteiger partial charge >= 0.3 is 5.69 Å². The van der Waals surface area contributed by atoms with Crippen molar-refractivity contribution in [3.63, 3.8) is 0 Å². The van der Waals surface area contributed by atoms with Gasteiger partial charge in [-0.15, -0.1) is 22.7 Å². The zero-order valence-electron chi connectivity index (χ0n) is 12.8. The molecule has 0 N–H and O–H groups in total. The first-order chi connectivity index (χ1) is 12.1. The fourth-order valence-electron chi connectivity index (χ4n) is 2.61. The Kier molecular flexibility index (Phi) is 3.60. The summed E-state index contributed by atoms with van der Waals surface area (Å²) in [4.78, 5) is 15.3. The van der Waals surface area contributed by atoms with Crippen molar-refractivity contribution in [2.75, 3.05) is 0 Å². The molecule has 0 bridgehead atoms. The lowest BCUT2D eigenvalue weighted by Gasteiger charge is -2.08. The van der Waals surface area contributed by atoms with Crippen LogP contribution in [0.1, 0.15) is 10.6 Å². The number of aromatic nitrogens is 1. The van der Waals surface area contributed by atoms with Crippen LogP contribution in [-0.4, -0.2) is 9.91 Å². The van der Waals surface area contributed by atoms with Crippen LogP contribution in [0.4, 0.5) is 5.69 Å². The van der Waals surface area contributed by atoms with E-state index in [-0.39, 0.29) is 17.0 Å². The number of thiazole rings is 1. The maximum atomic E-state index is 11.3. The molecule has 2 aromatic carbocycles. The molecular weight excluding hydrogens is 358 g/mol. The topological polar surface area (TPSA) is 89.0 Å². The van der Waals surface area contributed by atoms with E-state index in [0.717, 1.165) is 25.3 Å². The Hall–Kier alpha value is -3.02. The van der Waals surface area contributed by atoms with Gasteiger partial charge in [0.1, 0.15) is 5.75 Å². The Morgan fingerprint density at radius 2 is 2.12 bits per heavy atom. The van der Waals surface area contributed by atoms with Gasteiger partial charge in [0, 0.05) is 17.5 Å². The highest BCUT2D eigenvalue weighted by atomic mass is 32.1. The number of nitro benzene ring substituents is 1. The smallest absolute Gasteiger partial charge is 0.312 e. The van der Waals surface area contributed by atoms with Crippen LogP contribution < -0.4 is 4.74 Å². The van der Waals surface area contributed by atoms with E-state index < -0.39 is 4.92 Å². The predicted octanol–water partition coefficient (Wildman–Crippen LogP) is 5.39. The van der Waals surface area contributed by atoms with Gasteiger partial charge in [-0.2, -0.15) is 5.26 Å². The lowest BCUT2D eigenvalue weighted by atomic mass is 10.2. The molecule has 0 spiro atoms. The van der Waals surface area contributed by atoms with E-state index in [0.29, 0.717) is 5.75 Å². The summed E-state index contributed by atoms with van der Waals surface area (Å²) in [6.45, 7) is 1.94. The van der Waals surface area contributed by atoms with Gasteiger partial charge < -0.3 is 4.74 Å². The largest absolute Gasteiger partial charge is 0.449 e. The molecule has 0 aliphatic carbocycles. The number of hydrogen-bond donors (Lipinski definition) is 0.